The van der Waals surface area contributed by atoms with Crippen LogP contribution in [0.5, 0.6) is 0 Å². The fourth-order valence-electron chi connectivity index (χ4n) is 3.89. The maximum absolute atomic E-state index is 13.3. The summed E-state index contributed by atoms with van der Waals surface area (Å²) >= 11 is 0. The molecule has 0 spiro atoms. The molecule has 0 radical (unpaired) electrons. The van der Waals surface area contributed by atoms with Crippen molar-refractivity contribution in [2.45, 2.75) is 52.9 Å². The van der Waals surface area contributed by atoms with E-state index in [1.54, 1.807) is 4.90 Å². The van der Waals surface area contributed by atoms with Crippen LogP contribution in [0.2, 0.25) is 0 Å². The quantitative estimate of drug-likeness (QED) is 0.460. The summed E-state index contributed by atoms with van der Waals surface area (Å²) in [5.74, 6) is -0.446. The second kappa shape index (κ2) is 10.9. The zero-order valence-corrected chi connectivity index (χ0v) is 19.9. The summed E-state index contributed by atoms with van der Waals surface area (Å²) in [6.45, 7) is 8.22. The van der Waals surface area contributed by atoms with Gasteiger partial charge >= 0.3 is 0 Å². The largest absolute Gasteiger partial charge is 0.335 e. The fourth-order valence-corrected chi connectivity index (χ4v) is 3.89. The Balaban J connectivity index is 1.83. The van der Waals surface area contributed by atoms with Crippen molar-refractivity contribution in [2.75, 3.05) is 13.1 Å². The predicted octanol–water partition coefficient (Wildman–Crippen LogP) is 4.65. The first-order valence-corrected chi connectivity index (χ1v) is 11.6. The number of aromatic amines is 1. The van der Waals surface area contributed by atoms with E-state index in [1.165, 1.54) is 4.68 Å². The predicted molar refractivity (Wildman–Crippen MR) is 131 cm³/mol. The number of carbonyl (C=O) groups is 2. The molecule has 0 bridgehead atoms. The van der Waals surface area contributed by atoms with Crippen molar-refractivity contribution < 1.29 is 9.59 Å². The van der Waals surface area contributed by atoms with Gasteiger partial charge in [0.05, 0.1) is 17.9 Å². The number of benzene rings is 2. The highest BCUT2D eigenvalue weighted by Crippen LogP contribution is 2.18. The Morgan fingerprint density at radius 1 is 1.03 bits per heavy atom. The van der Waals surface area contributed by atoms with E-state index in [2.05, 4.69) is 5.10 Å². The average Bonchev–Trinajstić information content (AvgIpc) is 3.16. The van der Waals surface area contributed by atoms with Crippen molar-refractivity contribution in [3.63, 3.8) is 0 Å². The molecule has 6 nitrogen and oxygen atoms in total. The van der Waals surface area contributed by atoms with Crippen LogP contribution in [-0.4, -0.2) is 39.5 Å². The van der Waals surface area contributed by atoms with Gasteiger partial charge in [-0.2, -0.15) is 0 Å². The van der Waals surface area contributed by atoms with Crippen LogP contribution in [0.1, 0.15) is 66.7 Å². The van der Waals surface area contributed by atoms with Gasteiger partial charge in [0.15, 0.2) is 5.78 Å². The molecule has 2 aromatic carbocycles. The molecule has 174 valence electrons. The third-order valence-corrected chi connectivity index (χ3v) is 5.72. The van der Waals surface area contributed by atoms with E-state index in [-0.39, 0.29) is 35.3 Å². The number of aryl methyl sites for hydroxylation is 2. The number of Topliss-reactive ketones (excluding diaryl/α,β-unsaturated/α-hetero) is 1. The van der Waals surface area contributed by atoms with Gasteiger partial charge in [0.2, 0.25) is 5.91 Å². The second-order valence-electron chi connectivity index (χ2n) is 8.76. The van der Waals surface area contributed by atoms with Gasteiger partial charge in [-0.25, -0.2) is 4.68 Å². The van der Waals surface area contributed by atoms with Gasteiger partial charge in [0, 0.05) is 13.0 Å². The minimum atomic E-state index is -0.374. The number of nitrogens with one attached hydrogen (secondary N) is 1. The Morgan fingerprint density at radius 2 is 1.70 bits per heavy atom. The Kier molecular flexibility index (Phi) is 8.04. The highest BCUT2D eigenvalue weighted by molar-refractivity contribution is 6.00. The lowest BCUT2D eigenvalue weighted by Gasteiger charge is -2.21. The lowest BCUT2D eigenvalue weighted by Crippen LogP contribution is -2.38. The molecule has 0 saturated carbocycles. The molecule has 0 aliphatic heterocycles. The Labute approximate surface area is 195 Å². The van der Waals surface area contributed by atoms with Crippen molar-refractivity contribution in [3.8, 4) is 5.69 Å². The monoisotopic (exact) mass is 447 g/mol. The first kappa shape index (κ1) is 24.2. The summed E-state index contributed by atoms with van der Waals surface area (Å²) in [7, 11) is 0. The number of rotatable bonds is 10. The average molecular weight is 448 g/mol. The number of nitrogens with zero attached hydrogens (tertiary/aromatic N) is 2. The summed E-state index contributed by atoms with van der Waals surface area (Å²) in [5, 5.41) is 3.13. The van der Waals surface area contributed by atoms with Gasteiger partial charge < -0.3 is 4.90 Å². The number of carbonyl (C=O) groups excluding carboxylic acids is 2. The van der Waals surface area contributed by atoms with Crippen LogP contribution >= 0.6 is 0 Å². The molecule has 33 heavy (non-hydrogen) atoms. The van der Waals surface area contributed by atoms with Crippen molar-refractivity contribution in [1.82, 2.24) is 14.7 Å². The number of hydrogen-bond acceptors (Lipinski definition) is 3. The molecule has 1 heterocycles. The van der Waals surface area contributed by atoms with E-state index in [9.17, 15) is 14.4 Å². The molecule has 0 aliphatic rings. The van der Waals surface area contributed by atoms with E-state index in [1.807, 2.05) is 82.3 Å². The van der Waals surface area contributed by atoms with Crippen LogP contribution in [0.3, 0.4) is 0 Å². The van der Waals surface area contributed by atoms with E-state index < -0.39 is 0 Å². The van der Waals surface area contributed by atoms with Crippen molar-refractivity contribution in [2.24, 2.45) is 0 Å². The molecular formula is C27H33N3O3. The van der Waals surface area contributed by atoms with Gasteiger partial charge in [0.1, 0.15) is 5.56 Å². The van der Waals surface area contributed by atoms with Crippen LogP contribution in [0.4, 0.5) is 0 Å². The van der Waals surface area contributed by atoms with E-state index in [0.29, 0.717) is 30.8 Å². The number of aromatic nitrogens is 2. The number of hydrogen-bond donors (Lipinski definition) is 1. The minimum Gasteiger partial charge on any atom is -0.335 e. The maximum Gasteiger partial charge on any atom is 0.282 e. The molecule has 6 heteroatoms. The molecule has 1 N–H and O–H groups in total. The Morgan fingerprint density at radius 3 is 2.30 bits per heavy atom. The molecule has 1 aromatic heterocycles. The van der Waals surface area contributed by atoms with Crippen LogP contribution in [0.15, 0.2) is 59.4 Å². The number of amides is 1. The van der Waals surface area contributed by atoms with Crippen molar-refractivity contribution in [1.29, 1.82) is 0 Å². The van der Waals surface area contributed by atoms with E-state index in [0.717, 1.165) is 17.5 Å². The molecular weight excluding hydrogens is 414 g/mol. The van der Waals surface area contributed by atoms with Gasteiger partial charge in [-0.1, -0.05) is 68.8 Å². The zero-order chi connectivity index (χ0) is 24.0. The van der Waals surface area contributed by atoms with Crippen LogP contribution in [0, 0.1) is 6.92 Å². The van der Waals surface area contributed by atoms with Crippen LogP contribution in [-0.2, 0) is 11.2 Å². The molecule has 0 unspecified atom stereocenters. The lowest BCUT2D eigenvalue weighted by atomic mass is 10.0. The molecule has 0 fully saturated rings. The highest BCUT2D eigenvalue weighted by atomic mass is 16.2. The standard InChI is InChI=1S/C27H33N3O3/c1-5-17-29(24(32)16-13-21-9-7-6-8-10-21)18-23(31)25-26(19(2)3)28-30(27(25)33)22-14-11-20(4)12-15-22/h6-12,14-15,19,28H,5,13,16-18H2,1-4H3. The maximum atomic E-state index is 13.3. The molecule has 0 aliphatic carbocycles. The highest BCUT2D eigenvalue weighted by Gasteiger charge is 2.26. The van der Waals surface area contributed by atoms with E-state index >= 15 is 0 Å². The van der Waals surface area contributed by atoms with Crippen molar-refractivity contribution in [3.05, 3.63) is 87.3 Å². The molecule has 3 aromatic rings. The first-order chi connectivity index (χ1) is 15.8. The van der Waals surface area contributed by atoms with Crippen molar-refractivity contribution >= 4 is 11.7 Å². The third-order valence-electron chi connectivity index (χ3n) is 5.72. The van der Waals surface area contributed by atoms with Gasteiger partial charge in [-0.15, -0.1) is 0 Å². The number of ketones is 1. The lowest BCUT2D eigenvalue weighted by molar-refractivity contribution is -0.130. The molecule has 0 saturated heterocycles. The van der Waals surface area contributed by atoms with Gasteiger partial charge in [-0.3, -0.25) is 19.5 Å². The Bertz CT molecular complexity index is 1140. The summed E-state index contributed by atoms with van der Waals surface area (Å²) in [6, 6.07) is 17.4. The normalized spacial score (nSPS) is 11.1. The summed E-state index contributed by atoms with van der Waals surface area (Å²) in [6.07, 6.45) is 1.69. The zero-order valence-electron chi connectivity index (χ0n) is 19.9. The molecule has 1 amide bonds. The third kappa shape index (κ3) is 5.89. The summed E-state index contributed by atoms with van der Waals surface area (Å²) < 4.78 is 1.42. The summed E-state index contributed by atoms with van der Waals surface area (Å²) in [4.78, 5) is 41.1. The van der Waals surface area contributed by atoms with Crippen LogP contribution in [0.25, 0.3) is 5.69 Å². The minimum absolute atomic E-state index is 0.0447. The number of H-pyrrole nitrogens is 1. The fraction of sp³-hybridized carbons (Fsp3) is 0.370. The van der Waals surface area contributed by atoms with Crippen LogP contribution < -0.4 is 5.56 Å². The van der Waals surface area contributed by atoms with E-state index in [4.69, 9.17) is 0 Å². The van der Waals surface area contributed by atoms with Gasteiger partial charge in [0.25, 0.3) is 5.56 Å². The SMILES string of the molecule is CCCN(CC(=O)c1c(C(C)C)[nH]n(-c2ccc(C)cc2)c1=O)C(=O)CCc1ccccc1. The molecule has 0 atom stereocenters. The molecule has 3 rings (SSSR count). The second-order valence-corrected chi connectivity index (χ2v) is 8.76. The van der Waals surface area contributed by atoms with Gasteiger partial charge in [-0.05, 0) is 43.4 Å². The Hall–Kier alpha value is -3.41. The smallest absolute Gasteiger partial charge is 0.282 e. The summed E-state index contributed by atoms with van der Waals surface area (Å²) in [5.41, 5.74) is 3.21. The topological polar surface area (TPSA) is 75.2 Å². The first-order valence-electron chi connectivity index (χ1n) is 11.6.